The van der Waals surface area contributed by atoms with Crippen molar-refractivity contribution in [1.29, 1.82) is 0 Å². The van der Waals surface area contributed by atoms with Crippen LogP contribution in [0.4, 0.5) is 5.69 Å². The van der Waals surface area contributed by atoms with Crippen molar-refractivity contribution in [3.05, 3.63) is 69.8 Å². The SMILES string of the molecule is NC(=O)Cn1cc(/C=C2/C(=O)NC(=S)N(c3cccc(Cl)c3Cl)C2=O)c2ccccc21. The van der Waals surface area contributed by atoms with E-state index in [1.165, 1.54) is 6.08 Å². The smallest absolute Gasteiger partial charge is 0.270 e. The first-order valence-corrected chi connectivity index (χ1v) is 10.2. The Morgan fingerprint density at radius 3 is 2.61 bits per heavy atom. The molecular weight excluding hydrogens is 459 g/mol. The van der Waals surface area contributed by atoms with Crippen LogP contribution in [0.3, 0.4) is 0 Å². The molecule has 0 atom stereocenters. The summed E-state index contributed by atoms with van der Waals surface area (Å²) in [6.07, 6.45) is 3.11. The van der Waals surface area contributed by atoms with Gasteiger partial charge in [0, 0.05) is 22.7 Å². The quantitative estimate of drug-likeness (QED) is 0.345. The van der Waals surface area contributed by atoms with Crippen LogP contribution in [0, 0.1) is 0 Å². The summed E-state index contributed by atoms with van der Waals surface area (Å²) in [6, 6.07) is 12.0. The van der Waals surface area contributed by atoms with E-state index in [0.717, 1.165) is 15.8 Å². The van der Waals surface area contributed by atoms with Crippen molar-refractivity contribution < 1.29 is 14.4 Å². The molecule has 0 aliphatic carbocycles. The van der Waals surface area contributed by atoms with Crippen molar-refractivity contribution in [3.63, 3.8) is 0 Å². The minimum atomic E-state index is -0.648. The van der Waals surface area contributed by atoms with E-state index in [4.69, 9.17) is 41.2 Å². The molecule has 0 bridgehead atoms. The van der Waals surface area contributed by atoms with Crippen LogP contribution in [0.1, 0.15) is 5.56 Å². The summed E-state index contributed by atoms with van der Waals surface area (Å²) in [6.45, 7) is -0.0435. The van der Waals surface area contributed by atoms with E-state index >= 15 is 0 Å². The first-order chi connectivity index (χ1) is 14.8. The Kier molecular flexibility index (Phi) is 5.53. The number of benzene rings is 2. The van der Waals surface area contributed by atoms with Crippen molar-refractivity contribution in [3.8, 4) is 0 Å². The number of aromatic nitrogens is 1. The van der Waals surface area contributed by atoms with Gasteiger partial charge in [0.2, 0.25) is 5.91 Å². The first kappa shape index (κ1) is 21.0. The fourth-order valence-corrected chi connectivity index (χ4v) is 4.04. The summed E-state index contributed by atoms with van der Waals surface area (Å²) in [4.78, 5) is 38.4. The van der Waals surface area contributed by atoms with Crippen molar-refractivity contribution in [1.82, 2.24) is 9.88 Å². The number of anilines is 1. The molecule has 0 saturated carbocycles. The van der Waals surface area contributed by atoms with E-state index in [1.807, 2.05) is 24.3 Å². The van der Waals surface area contributed by atoms with E-state index < -0.39 is 17.7 Å². The molecule has 0 radical (unpaired) electrons. The zero-order valence-corrected chi connectivity index (χ0v) is 18.1. The van der Waals surface area contributed by atoms with Crippen molar-refractivity contribution in [2.24, 2.45) is 5.73 Å². The summed E-state index contributed by atoms with van der Waals surface area (Å²) >= 11 is 17.5. The van der Waals surface area contributed by atoms with Crippen LogP contribution < -0.4 is 16.0 Å². The summed E-state index contributed by atoms with van der Waals surface area (Å²) in [5, 5.41) is 3.53. The average Bonchev–Trinajstić information content (AvgIpc) is 3.05. The number of carbonyl (C=O) groups excluding carboxylic acids is 3. The third-order valence-electron chi connectivity index (χ3n) is 4.72. The standard InChI is InChI=1S/C21H14Cl2N4O3S/c22-14-5-3-7-16(18(14)23)27-20(30)13(19(29)25-21(27)31)8-11-9-26(10-17(24)28)15-6-2-1-4-12(11)15/h1-9H,10H2,(H2,24,28)(H,25,29,31)/b13-8-. The van der Waals surface area contributed by atoms with Crippen molar-refractivity contribution in [2.75, 3.05) is 4.90 Å². The van der Waals surface area contributed by atoms with Crippen molar-refractivity contribution >= 4 is 80.9 Å². The van der Waals surface area contributed by atoms with Crippen molar-refractivity contribution in [2.45, 2.75) is 6.54 Å². The molecule has 2 heterocycles. The predicted molar refractivity (Wildman–Crippen MR) is 124 cm³/mol. The van der Waals surface area contributed by atoms with Crippen LogP contribution in [0.25, 0.3) is 17.0 Å². The van der Waals surface area contributed by atoms with Gasteiger partial charge >= 0.3 is 0 Å². The highest BCUT2D eigenvalue weighted by atomic mass is 35.5. The molecule has 3 amide bonds. The van der Waals surface area contributed by atoms with Gasteiger partial charge in [0.25, 0.3) is 11.8 Å². The zero-order valence-electron chi connectivity index (χ0n) is 15.8. The normalized spacial score (nSPS) is 15.6. The largest absolute Gasteiger partial charge is 0.368 e. The molecule has 4 rings (SSSR count). The number of thiocarbonyl (C=S) groups is 1. The van der Waals surface area contributed by atoms with Crippen LogP contribution in [0.5, 0.6) is 0 Å². The second kappa shape index (κ2) is 8.14. The number of primary amides is 1. The lowest BCUT2D eigenvalue weighted by molar-refractivity contribution is -0.122. The summed E-state index contributed by atoms with van der Waals surface area (Å²) in [5.74, 6) is -1.81. The van der Waals surface area contributed by atoms with Gasteiger partial charge in [-0.15, -0.1) is 0 Å². The van der Waals surface area contributed by atoms with E-state index in [2.05, 4.69) is 5.32 Å². The van der Waals surface area contributed by atoms with E-state index in [9.17, 15) is 14.4 Å². The Morgan fingerprint density at radius 1 is 1.13 bits per heavy atom. The van der Waals surface area contributed by atoms with Gasteiger partial charge in [0.15, 0.2) is 5.11 Å². The second-order valence-electron chi connectivity index (χ2n) is 6.73. The Morgan fingerprint density at radius 2 is 1.87 bits per heavy atom. The maximum absolute atomic E-state index is 13.3. The van der Waals surface area contributed by atoms with Gasteiger partial charge in [-0.1, -0.05) is 47.5 Å². The summed E-state index contributed by atoms with van der Waals surface area (Å²) < 4.78 is 1.66. The van der Waals surface area contributed by atoms with Gasteiger partial charge in [0.1, 0.15) is 12.1 Å². The average molecular weight is 473 g/mol. The number of amides is 3. The zero-order chi connectivity index (χ0) is 22.3. The van der Waals surface area contributed by atoms with Gasteiger partial charge in [-0.3, -0.25) is 24.6 Å². The number of halogens is 2. The highest BCUT2D eigenvalue weighted by molar-refractivity contribution is 7.80. The van der Waals surface area contributed by atoms with Gasteiger partial charge in [-0.2, -0.15) is 0 Å². The lowest BCUT2D eigenvalue weighted by atomic mass is 10.1. The van der Waals surface area contributed by atoms with Gasteiger partial charge in [-0.05, 0) is 36.5 Å². The lowest BCUT2D eigenvalue weighted by Crippen LogP contribution is -2.54. The Hall–Kier alpha value is -3.20. The third kappa shape index (κ3) is 3.81. The Balaban J connectivity index is 1.83. The topological polar surface area (TPSA) is 97.4 Å². The van der Waals surface area contributed by atoms with Gasteiger partial charge in [-0.25, -0.2) is 0 Å². The molecule has 0 spiro atoms. The van der Waals surface area contributed by atoms with Gasteiger partial charge in [0.05, 0.1) is 15.7 Å². The van der Waals surface area contributed by atoms with Crippen LogP contribution in [-0.4, -0.2) is 27.4 Å². The maximum Gasteiger partial charge on any atom is 0.270 e. The summed E-state index contributed by atoms with van der Waals surface area (Å²) in [7, 11) is 0. The van der Waals surface area contributed by atoms with Crippen LogP contribution in [0.2, 0.25) is 10.0 Å². The number of carbonyl (C=O) groups is 3. The summed E-state index contributed by atoms with van der Waals surface area (Å²) in [5.41, 5.74) is 6.76. The monoisotopic (exact) mass is 472 g/mol. The first-order valence-electron chi connectivity index (χ1n) is 8.99. The molecule has 7 nitrogen and oxygen atoms in total. The fourth-order valence-electron chi connectivity index (χ4n) is 3.39. The minimum Gasteiger partial charge on any atom is -0.368 e. The van der Waals surface area contributed by atoms with Crippen LogP contribution in [-0.2, 0) is 20.9 Å². The Labute approximate surface area is 192 Å². The predicted octanol–water partition coefficient (Wildman–Crippen LogP) is 3.26. The molecule has 1 aliphatic heterocycles. The molecule has 1 fully saturated rings. The number of hydrogen-bond acceptors (Lipinski definition) is 4. The molecule has 3 aromatic rings. The molecule has 31 heavy (non-hydrogen) atoms. The number of para-hydroxylation sites is 1. The minimum absolute atomic E-state index is 0.0435. The maximum atomic E-state index is 13.3. The van der Waals surface area contributed by atoms with Gasteiger partial charge < -0.3 is 10.3 Å². The Bertz CT molecular complexity index is 1320. The highest BCUT2D eigenvalue weighted by Crippen LogP contribution is 2.34. The number of rotatable bonds is 4. The molecule has 0 unspecified atom stereocenters. The fraction of sp³-hybridized carbons (Fsp3) is 0.0476. The lowest BCUT2D eigenvalue weighted by Gasteiger charge is -2.29. The number of hydrogen-bond donors (Lipinski definition) is 2. The molecule has 3 N–H and O–H groups in total. The van der Waals surface area contributed by atoms with E-state index in [0.29, 0.717) is 5.56 Å². The molecule has 1 aliphatic rings. The highest BCUT2D eigenvalue weighted by Gasteiger charge is 2.36. The van der Waals surface area contributed by atoms with Crippen LogP contribution >= 0.6 is 35.4 Å². The molecule has 10 heteroatoms. The molecule has 1 aromatic heterocycles. The third-order valence-corrected chi connectivity index (χ3v) is 5.81. The van der Waals surface area contributed by atoms with E-state index in [1.54, 1.807) is 29.0 Å². The number of nitrogens with zero attached hydrogens (tertiary/aromatic N) is 2. The number of nitrogens with one attached hydrogen (secondary N) is 1. The molecule has 156 valence electrons. The number of nitrogens with two attached hydrogens (primary N) is 1. The van der Waals surface area contributed by atoms with E-state index in [-0.39, 0.29) is 33.0 Å². The molecule has 2 aromatic carbocycles. The molecular formula is C21H14Cl2N4O3S. The number of fused-ring (bicyclic) bond motifs is 1. The van der Waals surface area contributed by atoms with Crippen LogP contribution in [0.15, 0.2) is 54.2 Å². The second-order valence-corrected chi connectivity index (χ2v) is 7.90. The molecule has 1 saturated heterocycles.